The number of aromatic nitrogens is 1. The van der Waals surface area contributed by atoms with Gasteiger partial charge in [0.25, 0.3) is 5.91 Å². The van der Waals surface area contributed by atoms with Gasteiger partial charge in [0.1, 0.15) is 5.75 Å². The van der Waals surface area contributed by atoms with Crippen LogP contribution in [0.5, 0.6) is 5.75 Å². The molecule has 1 aliphatic heterocycles. The van der Waals surface area contributed by atoms with Crippen molar-refractivity contribution >= 4 is 64.8 Å². The molecule has 8 nitrogen and oxygen atoms in total. The molecule has 1 aliphatic rings. The van der Waals surface area contributed by atoms with Crippen molar-refractivity contribution in [2.24, 2.45) is 11.0 Å². The van der Waals surface area contributed by atoms with Crippen molar-refractivity contribution in [3.8, 4) is 5.75 Å². The van der Waals surface area contributed by atoms with E-state index in [1.165, 1.54) is 44.9 Å². The summed E-state index contributed by atoms with van der Waals surface area (Å²) in [6.45, 7) is 3.15. The number of benzene rings is 3. The van der Waals surface area contributed by atoms with E-state index in [0.29, 0.717) is 41.0 Å². The van der Waals surface area contributed by atoms with Crippen LogP contribution in [0.4, 0.5) is 5.13 Å². The number of carbonyl (C=O) groups excluding carboxylic acids is 1. The normalized spacial score (nSPS) is 15.2. The number of fused-ring (bicyclic) bond motifs is 1. The highest BCUT2D eigenvalue weighted by molar-refractivity contribution is 9.10. The first-order valence-corrected chi connectivity index (χ1v) is 15.5. The van der Waals surface area contributed by atoms with Crippen molar-refractivity contribution < 1.29 is 17.9 Å². The summed E-state index contributed by atoms with van der Waals surface area (Å²) in [6, 6.07) is 19.1. The molecule has 1 amide bonds. The summed E-state index contributed by atoms with van der Waals surface area (Å²) in [7, 11) is -2.03. The number of sulfonamides is 1. The van der Waals surface area contributed by atoms with Gasteiger partial charge in [0, 0.05) is 23.1 Å². The van der Waals surface area contributed by atoms with Gasteiger partial charge in [-0.25, -0.2) is 13.4 Å². The van der Waals surface area contributed by atoms with Gasteiger partial charge in [-0.3, -0.25) is 4.79 Å². The number of hydrogen-bond acceptors (Lipinski definition) is 7. The molecule has 0 bridgehead atoms. The van der Waals surface area contributed by atoms with Crippen LogP contribution in [0.3, 0.4) is 0 Å². The molecule has 3 aromatic carbocycles. The number of methoxy groups -OCH3 is 1. The van der Waals surface area contributed by atoms with Crippen molar-refractivity contribution in [3.05, 3.63) is 82.3 Å². The van der Waals surface area contributed by atoms with E-state index in [4.69, 9.17) is 4.74 Å². The maximum absolute atomic E-state index is 13.7. The third-order valence-electron chi connectivity index (χ3n) is 6.63. The third-order valence-corrected chi connectivity index (χ3v) is 10.1. The minimum absolute atomic E-state index is 0.172. The molecule has 4 aromatic rings. The van der Waals surface area contributed by atoms with Gasteiger partial charge in [-0.1, -0.05) is 46.3 Å². The first kappa shape index (κ1) is 27.4. The summed E-state index contributed by atoms with van der Waals surface area (Å²) in [6.07, 6.45) is 3.28. The Morgan fingerprint density at radius 1 is 1.10 bits per heavy atom. The van der Waals surface area contributed by atoms with Crippen LogP contribution in [0.25, 0.3) is 10.2 Å². The lowest BCUT2D eigenvalue weighted by atomic mass is 10.0. The Labute approximate surface area is 240 Å². The summed E-state index contributed by atoms with van der Waals surface area (Å²) >= 11 is 4.73. The molecule has 0 atom stereocenters. The highest BCUT2D eigenvalue weighted by atomic mass is 79.9. The fourth-order valence-electron chi connectivity index (χ4n) is 4.24. The molecule has 5 rings (SSSR count). The SMILES string of the molecule is COc1ccc2nc(N(/N=C/c3ccc(Br)cc3)C(=O)c3ccc(S(=O)(=O)N4CCC(C)CC4)cc3)sc2c1. The lowest BCUT2D eigenvalue weighted by Gasteiger charge is -2.29. The fourth-order valence-corrected chi connectivity index (χ4v) is 6.92. The van der Waals surface area contributed by atoms with E-state index in [0.717, 1.165) is 27.6 Å². The van der Waals surface area contributed by atoms with E-state index in [-0.39, 0.29) is 4.90 Å². The molecule has 0 unspecified atom stereocenters. The summed E-state index contributed by atoms with van der Waals surface area (Å²) in [5, 5.41) is 6.12. The van der Waals surface area contributed by atoms with Gasteiger partial charge in [0.15, 0.2) is 0 Å². The van der Waals surface area contributed by atoms with Crippen molar-refractivity contribution in [1.82, 2.24) is 9.29 Å². The highest BCUT2D eigenvalue weighted by Gasteiger charge is 2.29. The molecular formula is C28H27BrN4O4S2. The summed E-state index contributed by atoms with van der Waals surface area (Å²) < 4.78 is 34.9. The molecule has 1 fully saturated rings. The minimum Gasteiger partial charge on any atom is -0.497 e. The third kappa shape index (κ3) is 6.06. The Morgan fingerprint density at radius 3 is 2.46 bits per heavy atom. The predicted octanol–water partition coefficient (Wildman–Crippen LogP) is 6.17. The lowest BCUT2D eigenvalue weighted by molar-refractivity contribution is 0.0987. The maximum Gasteiger partial charge on any atom is 0.280 e. The molecule has 2 heterocycles. The lowest BCUT2D eigenvalue weighted by Crippen LogP contribution is -2.37. The zero-order chi connectivity index (χ0) is 27.6. The Hall–Kier alpha value is -3.12. The highest BCUT2D eigenvalue weighted by Crippen LogP contribution is 2.33. The summed E-state index contributed by atoms with van der Waals surface area (Å²) in [5.41, 5.74) is 1.81. The number of carbonyl (C=O) groups is 1. The quantitative estimate of drug-likeness (QED) is 0.181. The second kappa shape index (κ2) is 11.5. The molecule has 0 aliphatic carbocycles. The first-order chi connectivity index (χ1) is 18.7. The second-order valence-corrected chi connectivity index (χ2v) is 13.2. The van der Waals surface area contributed by atoms with Gasteiger partial charge < -0.3 is 4.74 Å². The predicted molar refractivity (Wildman–Crippen MR) is 158 cm³/mol. The van der Waals surface area contributed by atoms with Crippen LogP contribution in [-0.2, 0) is 10.0 Å². The zero-order valence-corrected chi connectivity index (χ0v) is 24.7. The number of anilines is 1. The Balaban J connectivity index is 1.46. The van der Waals surface area contributed by atoms with E-state index in [2.05, 4.69) is 32.9 Å². The van der Waals surface area contributed by atoms with Gasteiger partial charge in [0.2, 0.25) is 15.2 Å². The van der Waals surface area contributed by atoms with E-state index in [1.807, 2.05) is 42.5 Å². The number of ether oxygens (including phenoxy) is 1. The van der Waals surface area contributed by atoms with Crippen molar-refractivity contribution in [1.29, 1.82) is 0 Å². The average molecular weight is 628 g/mol. The minimum atomic E-state index is -3.62. The van der Waals surface area contributed by atoms with Gasteiger partial charge in [-0.05, 0) is 78.9 Å². The number of hydrogen-bond donors (Lipinski definition) is 0. The number of thiazole rings is 1. The van der Waals surface area contributed by atoms with Crippen molar-refractivity contribution in [2.45, 2.75) is 24.7 Å². The van der Waals surface area contributed by atoms with E-state index in [1.54, 1.807) is 13.3 Å². The first-order valence-electron chi connectivity index (χ1n) is 12.4. The van der Waals surface area contributed by atoms with Gasteiger partial charge in [-0.2, -0.15) is 14.4 Å². The van der Waals surface area contributed by atoms with Gasteiger partial charge in [0.05, 0.1) is 28.4 Å². The average Bonchev–Trinajstić information content (AvgIpc) is 3.37. The van der Waals surface area contributed by atoms with Gasteiger partial charge in [-0.15, -0.1) is 0 Å². The smallest absolute Gasteiger partial charge is 0.280 e. The molecule has 39 heavy (non-hydrogen) atoms. The van der Waals surface area contributed by atoms with Crippen LogP contribution >= 0.6 is 27.3 Å². The van der Waals surface area contributed by atoms with Crippen LogP contribution < -0.4 is 9.75 Å². The number of halogens is 1. The van der Waals surface area contributed by atoms with Crippen molar-refractivity contribution in [3.63, 3.8) is 0 Å². The van der Waals surface area contributed by atoms with Crippen LogP contribution in [-0.4, -0.2) is 50.0 Å². The summed E-state index contributed by atoms with van der Waals surface area (Å²) in [5.74, 6) is 0.781. The molecule has 202 valence electrons. The maximum atomic E-state index is 13.7. The Bertz CT molecular complexity index is 1610. The molecular weight excluding hydrogens is 600 g/mol. The Morgan fingerprint density at radius 2 is 1.79 bits per heavy atom. The molecule has 0 radical (unpaired) electrons. The number of nitrogens with zero attached hydrogens (tertiary/aromatic N) is 4. The molecule has 1 aromatic heterocycles. The van der Waals surface area contributed by atoms with Crippen molar-refractivity contribution in [2.75, 3.05) is 25.2 Å². The van der Waals surface area contributed by atoms with E-state index in [9.17, 15) is 13.2 Å². The molecule has 1 saturated heterocycles. The number of rotatable bonds is 7. The van der Waals surface area contributed by atoms with Crippen LogP contribution in [0.15, 0.2) is 81.2 Å². The van der Waals surface area contributed by atoms with E-state index >= 15 is 0 Å². The fraction of sp³-hybridized carbons (Fsp3) is 0.250. The Kier molecular flexibility index (Phi) is 8.13. The topological polar surface area (TPSA) is 92.2 Å². The zero-order valence-electron chi connectivity index (χ0n) is 21.5. The molecule has 0 N–H and O–H groups in total. The monoisotopic (exact) mass is 626 g/mol. The number of amides is 1. The molecule has 0 spiro atoms. The number of piperidine rings is 1. The largest absolute Gasteiger partial charge is 0.497 e. The standard InChI is InChI=1S/C28H27BrN4O4S2/c1-19-13-15-32(16-14-19)39(35,36)24-10-5-21(6-11-24)27(34)33(30-18-20-3-7-22(29)8-4-20)28-31-25-12-9-23(37-2)17-26(25)38-28/h3-12,17-19H,13-16H2,1-2H3/b30-18+. The van der Waals surface area contributed by atoms with Crippen LogP contribution in [0.2, 0.25) is 0 Å². The summed E-state index contributed by atoms with van der Waals surface area (Å²) in [4.78, 5) is 18.5. The van der Waals surface area contributed by atoms with Crippen LogP contribution in [0.1, 0.15) is 35.7 Å². The van der Waals surface area contributed by atoms with Gasteiger partial charge >= 0.3 is 0 Å². The van der Waals surface area contributed by atoms with Crippen LogP contribution in [0, 0.1) is 5.92 Å². The second-order valence-electron chi connectivity index (χ2n) is 9.35. The molecule has 11 heteroatoms. The molecule has 0 saturated carbocycles. The number of hydrazone groups is 1. The van der Waals surface area contributed by atoms with E-state index < -0.39 is 15.9 Å².